The van der Waals surface area contributed by atoms with E-state index in [1.807, 2.05) is 13.8 Å². The van der Waals surface area contributed by atoms with Gasteiger partial charge in [-0.3, -0.25) is 9.59 Å². The van der Waals surface area contributed by atoms with Gasteiger partial charge in [0, 0.05) is 0 Å². The number of carboxylic acid groups (broad SMARTS) is 1. The summed E-state index contributed by atoms with van der Waals surface area (Å²) in [6, 6.07) is 2.37. The van der Waals surface area contributed by atoms with Crippen LogP contribution in [0.5, 0.6) is 5.75 Å². The maximum Gasteiger partial charge on any atom is 0.305 e. The van der Waals surface area contributed by atoms with E-state index < -0.39 is 24.2 Å². The number of hydrogen-bond acceptors (Lipinski definition) is 4. The van der Waals surface area contributed by atoms with Gasteiger partial charge in [0.05, 0.1) is 25.1 Å². The molecule has 3 N–H and O–H groups in total. The normalized spacial score (nSPS) is 12.0. The van der Waals surface area contributed by atoms with Crippen LogP contribution >= 0.6 is 0 Å². The molecule has 1 atom stereocenters. The summed E-state index contributed by atoms with van der Waals surface area (Å²) >= 11 is 0. The van der Waals surface area contributed by atoms with Crippen molar-refractivity contribution in [3.05, 3.63) is 28.8 Å². The zero-order valence-corrected chi connectivity index (χ0v) is 10.7. The first-order valence-corrected chi connectivity index (χ1v) is 5.53. The van der Waals surface area contributed by atoms with E-state index in [-0.39, 0.29) is 0 Å². The molecular formula is C13H17NO4. The van der Waals surface area contributed by atoms with E-state index in [4.69, 9.17) is 15.6 Å². The van der Waals surface area contributed by atoms with Gasteiger partial charge in [-0.1, -0.05) is 0 Å². The number of Topliss-reactive ketones (excluding diaryl/α,β-unsaturated/α-hetero) is 1. The molecule has 0 amide bonds. The number of carbonyl (C=O) groups is 2. The van der Waals surface area contributed by atoms with Crippen molar-refractivity contribution in [2.24, 2.45) is 5.73 Å². The Kier molecular flexibility index (Phi) is 4.44. The highest BCUT2D eigenvalue weighted by Crippen LogP contribution is 2.24. The van der Waals surface area contributed by atoms with Crippen molar-refractivity contribution in [2.45, 2.75) is 26.3 Å². The first-order valence-electron chi connectivity index (χ1n) is 5.53. The molecule has 1 aromatic carbocycles. The minimum Gasteiger partial charge on any atom is -0.496 e. The lowest BCUT2D eigenvalue weighted by molar-refractivity contribution is -0.137. The van der Waals surface area contributed by atoms with Gasteiger partial charge in [0.2, 0.25) is 0 Å². The van der Waals surface area contributed by atoms with E-state index in [1.54, 1.807) is 12.1 Å². The largest absolute Gasteiger partial charge is 0.496 e. The maximum absolute atomic E-state index is 12.1. The first kappa shape index (κ1) is 14.2. The highest BCUT2D eigenvalue weighted by molar-refractivity contribution is 6.03. The van der Waals surface area contributed by atoms with Crippen LogP contribution in [0.15, 0.2) is 12.1 Å². The number of aliphatic carboxylic acids is 1. The number of methoxy groups -OCH3 is 1. The molecule has 0 spiro atoms. The van der Waals surface area contributed by atoms with E-state index >= 15 is 0 Å². The summed E-state index contributed by atoms with van der Waals surface area (Å²) in [7, 11) is 1.46. The number of ketones is 1. The van der Waals surface area contributed by atoms with E-state index in [0.29, 0.717) is 11.3 Å². The van der Waals surface area contributed by atoms with Crippen molar-refractivity contribution >= 4 is 11.8 Å². The fourth-order valence-electron chi connectivity index (χ4n) is 1.63. The molecule has 0 aliphatic carbocycles. The summed E-state index contributed by atoms with van der Waals surface area (Å²) in [6.07, 6.45) is -0.394. The van der Waals surface area contributed by atoms with Crippen LogP contribution in [0.25, 0.3) is 0 Å². The van der Waals surface area contributed by atoms with Crippen LogP contribution in [-0.4, -0.2) is 30.0 Å². The summed E-state index contributed by atoms with van der Waals surface area (Å²) in [5.74, 6) is -1.10. The average Bonchev–Trinajstić information content (AvgIpc) is 2.30. The second kappa shape index (κ2) is 5.64. The van der Waals surface area contributed by atoms with E-state index in [1.165, 1.54) is 7.11 Å². The monoisotopic (exact) mass is 251 g/mol. The van der Waals surface area contributed by atoms with Crippen LogP contribution in [0.2, 0.25) is 0 Å². The first-order chi connectivity index (χ1) is 8.36. The summed E-state index contributed by atoms with van der Waals surface area (Å²) < 4.78 is 5.13. The topological polar surface area (TPSA) is 89.6 Å². The van der Waals surface area contributed by atoms with Gasteiger partial charge in [-0.25, -0.2) is 0 Å². The third-order valence-electron chi connectivity index (χ3n) is 2.81. The van der Waals surface area contributed by atoms with E-state index in [2.05, 4.69) is 0 Å². The molecule has 0 saturated carbocycles. The van der Waals surface area contributed by atoms with Gasteiger partial charge in [0.25, 0.3) is 0 Å². The highest BCUT2D eigenvalue weighted by atomic mass is 16.5. The lowest BCUT2D eigenvalue weighted by atomic mass is 9.97. The zero-order valence-electron chi connectivity index (χ0n) is 10.7. The van der Waals surface area contributed by atoms with Crippen molar-refractivity contribution in [1.29, 1.82) is 0 Å². The summed E-state index contributed by atoms with van der Waals surface area (Å²) in [5.41, 5.74) is 7.83. The molecule has 0 fully saturated rings. The molecule has 0 aromatic heterocycles. The van der Waals surface area contributed by atoms with Gasteiger partial charge in [-0.15, -0.1) is 0 Å². The minimum atomic E-state index is -1.10. The maximum atomic E-state index is 12.1. The third-order valence-corrected chi connectivity index (χ3v) is 2.81. The Bertz CT molecular complexity index is 482. The average molecular weight is 251 g/mol. The van der Waals surface area contributed by atoms with Gasteiger partial charge in [0.15, 0.2) is 5.78 Å². The van der Waals surface area contributed by atoms with Gasteiger partial charge in [-0.05, 0) is 37.1 Å². The second-order valence-electron chi connectivity index (χ2n) is 4.21. The molecule has 1 aromatic rings. The molecule has 0 heterocycles. The molecule has 0 radical (unpaired) electrons. The van der Waals surface area contributed by atoms with Crippen molar-refractivity contribution in [3.8, 4) is 5.75 Å². The fourth-order valence-corrected chi connectivity index (χ4v) is 1.63. The lowest BCUT2D eigenvalue weighted by Crippen LogP contribution is -2.33. The Balaban J connectivity index is 3.12. The summed E-state index contributed by atoms with van der Waals surface area (Å²) in [5, 5.41) is 8.64. The number of rotatable bonds is 5. The Morgan fingerprint density at radius 3 is 2.39 bits per heavy atom. The number of hydrogen-bond donors (Lipinski definition) is 2. The van der Waals surface area contributed by atoms with E-state index in [0.717, 1.165) is 11.1 Å². The third kappa shape index (κ3) is 3.07. The molecule has 0 bridgehead atoms. The van der Waals surface area contributed by atoms with Crippen molar-refractivity contribution in [2.75, 3.05) is 7.11 Å². The van der Waals surface area contributed by atoms with Gasteiger partial charge < -0.3 is 15.6 Å². The highest BCUT2D eigenvalue weighted by Gasteiger charge is 2.22. The molecule has 0 aliphatic heterocycles. The predicted octanol–water partition coefficient (Wildman–Crippen LogP) is 1.30. The zero-order chi connectivity index (χ0) is 13.9. The van der Waals surface area contributed by atoms with Crippen LogP contribution in [-0.2, 0) is 4.79 Å². The Labute approximate surface area is 106 Å². The van der Waals surface area contributed by atoms with Crippen LogP contribution in [0.4, 0.5) is 0 Å². The van der Waals surface area contributed by atoms with Crippen LogP contribution in [0, 0.1) is 13.8 Å². The Morgan fingerprint density at radius 1 is 1.33 bits per heavy atom. The molecule has 1 unspecified atom stereocenters. The van der Waals surface area contributed by atoms with Crippen molar-refractivity contribution in [1.82, 2.24) is 0 Å². The predicted molar refractivity (Wildman–Crippen MR) is 67.0 cm³/mol. The SMILES string of the molecule is COc1cc(C)c(C)cc1C(=O)C(N)CC(=O)O. The summed E-state index contributed by atoms with van der Waals surface area (Å²) in [4.78, 5) is 22.6. The second-order valence-corrected chi connectivity index (χ2v) is 4.21. The standard InChI is InChI=1S/C13H17NO4/c1-7-4-9(11(18-3)5-8(7)2)13(17)10(14)6-12(15)16/h4-5,10H,6,14H2,1-3H3,(H,15,16). The number of aryl methyl sites for hydroxylation is 2. The molecule has 0 aliphatic rings. The molecular weight excluding hydrogens is 234 g/mol. The minimum absolute atomic E-state index is 0.328. The van der Waals surface area contributed by atoms with Crippen LogP contribution in [0.1, 0.15) is 27.9 Å². The smallest absolute Gasteiger partial charge is 0.305 e. The molecule has 5 heteroatoms. The van der Waals surface area contributed by atoms with E-state index in [9.17, 15) is 9.59 Å². The van der Waals surface area contributed by atoms with Crippen LogP contribution in [0.3, 0.4) is 0 Å². The lowest BCUT2D eigenvalue weighted by Gasteiger charge is -2.13. The number of carbonyl (C=O) groups excluding carboxylic acids is 1. The number of nitrogens with two attached hydrogens (primary N) is 1. The Morgan fingerprint density at radius 2 is 1.89 bits per heavy atom. The fraction of sp³-hybridized carbons (Fsp3) is 0.385. The van der Waals surface area contributed by atoms with Crippen molar-refractivity contribution in [3.63, 3.8) is 0 Å². The van der Waals surface area contributed by atoms with Crippen LogP contribution < -0.4 is 10.5 Å². The Hall–Kier alpha value is -1.88. The molecule has 98 valence electrons. The van der Waals surface area contributed by atoms with Gasteiger partial charge in [0.1, 0.15) is 5.75 Å². The molecule has 18 heavy (non-hydrogen) atoms. The number of benzene rings is 1. The van der Waals surface area contributed by atoms with Gasteiger partial charge in [-0.2, -0.15) is 0 Å². The van der Waals surface area contributed by atoms with Gasteiger partial charge >= 0.3 is 5.97 Å². The quantitative estimate of drug-likeness (QED) is 0.770. The number of carboxylic acids is 1. The van der Waals surface area contributed by atoms with Crippen molar-refractivity contribution < 1.29 is 19.4 Å². The number of ether oxygens (including phenoxy) is 1. The molecule has 1 rings (SSSR count). The molecule has 5 nitrogen and oxygen atoms in total. The molecule has 0 saturated heterocycles. The summed E-state index contributed by atoms with van der Waals surface area (Å²) in [6.45, 7) is 3.78.